The van der Waals surface area contributed by atoms with Crippen molar-refractivity contribution < 1.29 is 0 Å². The van der Waals surface area contributed by atoms with E-state index in [1.165, 1.54) is 0 Å². The van der Waals surface area contributed by atoms with Crippen molar-refractivity contribution in [1.29, 1.82) is 0 Å². The lowest BCUT2D eigenvalue weighted by atomic mass is 10.2. The van der Waals surface area contributed by atoms with E-state index in [0.29, 0.717) is 11.7 Å². The molecule has 0 aliphatic rings. The summed E-state index contributed by atoms with van der Waals surface area (Å²) in [6.45, 7) is 6.30. The van der Waals surface area contributed by atoms with Gasteiger partial charge in [0.05, 0.1) is 0 Å². The molecule has 0 bridgehead atoms. The highest BCUT2D eigenvalue weighted by Gasteiger charge is 2.07. The first-order valence-corrected chi connectivity index (χ1v) is 6.14. The van der Waals surface area contributed by atoms with E-state index in [9.17, 15) is 0 Å². The number of nitrogens with one attached hydrogen (secondary N) is 1. The summed E-state index contributed by atoms with van der Waals surface area (Å²) in [7, 11) is 0. The molecule has 0 spiro atoms. The number of aromatic nitrogens is 2. The molecule has 3 N–H and O–H groups in total. The number of rotatable bonds is 5. The number of nitrogens with zero attached hydrogens (tertiary/aromatic N) is 2. The highest BCUT2D eigenvalue weighted by Crippen LogP contribution is 2.21. The minimum Gasteiger partial charge on any atom is -0.308 e. The van der Waals surface area contributed by atoms with Gasteiger partial charge in [-0.3, -0.25) is 0 Å². The SMILES string of the molecule is CCCSc1cc(NN)nc(C(C)C)n1. The van der Waals surface area contributed by atoms with E-state index in [1.807, 2.05) is 6.07 Å². The maximum absolute atomic E-state index is 5.37. The second-order valence-corrected chi connectivity index (χ2v) is 4.71. The van der Waals surface area contributed by atoms with Crippen molar-refractivity contribution in [2.75, 3.05) is 11.2 Å². The molecule has 1 heterocycles. The van der Waals surface area contributed by atoms with E-state index in [-0.39, 0.29) is 0 Å². The van der Waals surface area contributed by atoms with E-state index in [1.54, 1.807) is 11.8 Å². The van der Waals surface area contributed by atoms with Crippen LogP contribution >= 0.6 is 11.8 Å². The van der Waals surface area contributed by atoms with E-state index in [2.05, 4.69) is 36.2 Å². The molecule has 0 fully saturated rings. The second-order valence-electron chi connectivity index (χ2n) is 3.60. The number of hydrogen-bond acceptors (Lipinski definition) is 5. The number of hydrogen-bond donors (Lipinski definition) is 2. The van der Waals surface area contributed by atoms with Gasteiger partial charge in [0.2, 0.25) is 0 Å². The van der Waals surface area contributed by atoms with E-state index >= 15 is 0 Å². The predicted molar refractivity (Wildman–Crippen MR) is 64.9 cm³/mol. The molecular formula is C10H18N4S. The zero-order chi connectivity index (χ0) is 11.3. The van der Waals surface area contributed by atoms with Crippen LogP contribution < -0.4 is 11.3 Å². The van der Waals surface area contributed by atoms with E-state index < -0.39 is 0 Å². The molecule has 0 saturated carbocycles. The Hall–Kier alpha value is -0.810. The topological polar surface area (TPSA) is 63.8 Å². The average Bonchev–Trinajstić information content (AvgIpc) is 2.25. The summed E-state index contributed by atoms with van der Waals surface area (Å²) in [5, 5.41) is 0.989. The quantitative estimate of drug-likeness (QED) is 0.349. The van der Waals surface area contributed by atoms with Gasteiger partial charge in [-0.15, -0.1) is 11.8 Å². The van der Waals surface area contributed by atoms with Crippen molar-refractivity contribution in [2.24, 2.45) is 5.84 Å². The molecule has 0 amide bonds. The van der Waals surface area contributed by atoms with Crippen LogP contribution in [-0.4, -0.2) is 15.7 Å². The number of anilines is 1. The Balaban J connectivity index is 2.90. The molecule has 0 aliphatic carbocycles. The first-order chi connectivity index (χ1) is 7.17. The normalized spacial score (nSPS) is 10.7. The molecule has 84 valence electrons. The number of thioether (sulfide) groups is 1. The van der Waals surface area contributed by atoms with Gasteiger partial charge in [-0.05, 0) is 12.2 Å². The molecule has 0 aromatic carbocycles. The summed E-state index contributed by atoms with van der Waals surface area (Å²) in [6.07, 6.45) is 1.14. The van der Waals surface area contributed by atoms with Gasteiger partial charge in [-0.2, -0.15) is 0 Å². The predicted octanol–water partition coefficient (Wildman–Crippen LogP) is 2.39. The molecule has 0 radical (unpaired) electrons. The summed E-state index contributed by atoms with van der Waals surface area (Å²) < 4.78 is 0. The first kappa shape index (κ1) is 12.3. The Morgan fingerprint density at radius 3 is 2.73 bits per heavy atom. The van der Waals surface area contributed by atoms with Crippen molar-refractivity contribution in [1.82, 2.24) is 9.97 Å². The second kappa shape index (κ2) is 5.92. The van der Waals surface area contributed by atoms with Crippen molar-refractivity contribution in [3.05, 3.63) is 11.9 Å². The van der Waals surface area contributed by atoms with Crippen LogP contribution in [0.5, 0.6) is 0 Å². The molecule has 15 heavy (non-hydrogen) atoms. The molecule has 1 aromatic heterocycles. The minimum atomic E-state index is 0.319. The molecule has 1 aromatic rings. The zero-order valence-electron chi connectivity index (χ0n) is 9.45. The Morgan fingerprint density at radius 2 is 2.20 bits per heavy atom. The van der Waals surface area contributed by atoms with Gasteiger partial charge >= 0.3 is 0 Å². The van der Waals surface area contributed by atoms with E-state index in [0.717, 1.165) is 23.0 Å². The molecule has 5 heteroatoms. The maximum Gasteiger partial charge on any atom is 0.144 e. The third-order valence-electron chi connectivity index (χ3n) is 1.84. The first-order valence-electron chi connectivity index (χ1n) is 5.15. The van der Waals surface area contributed by atoms with Crippen LogP contribution in [0.4, 0.5) is 5.82 Å². The van der Waals surface area contributed by atoms with E-state index in [4.69, 9.17) is 5.84 Å². The van der Waals surface area contributed by atoms with Crippen LogP contribution in [0.2, 0.25) is 0 Å². The van der Waals surface area contributed by atoms with Gasteiger partial charge in [-0.25, -0.2) is 15.8 Å². The lowest BCUT2D eigenvalue weighted by molar-refractivity contribution is 0.754. The summed E-state index contributed by atoms with van der Waals surface area (Å²) in [4.78, 5) is 8.77. The van der Waals surface area contributed by atoms with Gasteiger partial charge in [0.25, 0.3) is 0 Å². The number of hydrazine groups is 1. The summed E-state index contributed by atoms with van der Waals surface area (Å²) in [5.74, 6) is 8.28. The Bertz CT molecular complexity index is 314. The van der Waals surface area contributed by atoms with Crippen molar-refractivity contribution >= 4 is 17.6 Å². The van der Waals surface area contributed by atoms with Gasteiger partial charge in [0.1, 0.15) is 16.7 Å². The Kier molecular flexibility index (Phi) is 4.84. The van der Waals surface area contributed by atoms with Gasteiger partial charge in [0.15, 0.2) is 0 Å². The molecule has 1 rings (SSSR count). The molecular weight excluding hydrogens is 208 g/mol. The molecule has 4 nitrogen and oxygen atoms in total. The van der Waals surface area contributed by atoms with Crippen LogP contribution in [0.15, 0.2) is 11.1 Å². The molecule has 0 saturated heterocycles. The number of nitrogens with two attached hydrogens (primary N) is 1. The number of nitrogen functional groups attached to an aromatic ring is 1. The Morgan fingerprint density at radius 1 is 1.47 bits per heavy atom. The molecule has 0 aliphatic heterocycles. The highest BCUT2D eigenvalue weighted by molar-refractivity contribution is 7.99. The summed E-state index contributed by atoms with van der Waals surface area (Å²) in [6, 6.07) is 1.88. The lowest BCUT2D eigenvalue weighted by Crippen LogP contribution is -2.11. The third-order valence-corrected chi connectivity index (χ3v) is 2.96. The molecule has 0 unspecified atom stereocenters. The monoisotopic (exact) mass is 226 g/mol. The minimum absolute atomic E-state index is 0.319. The van der Waals surface area contributed by atoms with Crippen LogP contribution in [0.25, 0.3) is 0 Å². The standard InChI is InChI=1S/C10H18N4S/c1-4-5-15-9-6-8(14-11)12-10(13-9)7(2)3/h6-7H,4-5,11H2,1-3H3,(H,12,13,14). The fourth-order valence-corrected chi connectivity index (χ4v) is 1.82. The third kappa shape index (κ3) is 3.68. The largest absolute Gasteiger partial charge is 0.308 e. The smallest absolute Gasteiger partial charge is 0.144 e. The van der Waals surface area contributed by atoms with Gasteiger partial charge < -0.3 is 5.43 Å². The van der Waals surface area contributed by atoms with Crippen LogP contribution in [0.3, 0.4) is 0 Å². The van der Waals surface area contributed by atoms with Gasteiger partial charge in [0, 0.05) is 12.0 Å². The van der Waals surface area contributed by atoms with Crippen LogP contribution in [0.1, 0.15) is 38.9 Å². The van der Waals surface area contributed by atoms with Crippen molar-refractivity contribution in [2.45, 2.75) is 38.1 Å². The molecule has 0 atom stereocenters. The highest BCUT2D eigenvalue weighted by atomic mass is 32.2. The lowest BCUT2D eigenvalue weighted by Gasteiger charge is -2.08. The maximum atomic E-state index is 5.37. The van der Waals surface area contributed by atoms with Crippen molar-refractivity contribution in [3.63, 3.8) is 0 Å². The fourth-order valence-electron chi connectivity index (χ4n) is 1.06. The zero-order valence-corrected chi connectivity index (χ0v) is 10.3. The fraction of sp³-hybridized carbons (Fsp3) is 0.600. The van der Waals surface area contributed by atoms with Crippen molar-refractivity contribution in [3.8, 4) is 0 Å². The Labute approximate surface area is 95.0 Å². The summed E-state index contributed by atoms with van der Waals surface area (Å²) in [5.41, 5.74) is 2.57. The summed E-state index contributed by atoms with van der Waals surface area (Å²) >= 11 is 1.73. The van der Waals surface area contributed by atoms with Crippen LogP contribution in [-0.2, 0) is 0 Å². The van der Waals surface area contributed by atoms with Crippen LogP contribution in [0, 0.1) is 0 Å². The van der Waals surface area contributed by atoms with Gasteiger partial charge in [-0.1, -0.05) is 20.8 Å². The average molecular weight is 226 g/mol.